The van der Waals surface area contributed by atoms with E-state index in [0.29, 0.717) is 17.4 Å². The van der Waals surface area contributed by atoms with Crippen molar-refractivity contribution in [2.24, 2.45) is 17.8 Å². The lowest BCUT2D eigenvalue weighted by Crippen LogP contribution is -2.58. The van der Waals surface area contributed by atoms with Gasteiger partial charge in [0, 0.05) is 11.5 Å². The lowest BCUT2D eigenvalue weighted by Gasteiger charge is -2.47. The molecule has 0 unspecified atom stereocenters. The minimum Gasteiger partial charge on any atom is -0.452 e. The van der Waals surface area contributed by atoms with Gasteiger partial charge in [-0.3, -0.25) is 0 Å². The first-order valence-electron chi connectivity index (χ1n) is 7.02. The molecule has 3 nitrogen and oxygen atoms in total. The van der Waals surface area contributed by atoms with Crippen LogP contribution in [-0.4, -0.2) is 22.3 Å². The van der Waals surface area contributed by atoms with Crippen molar-refractivity contribution in [3.05, 3.63) is 12.2 Å². The zero-order chi connectivity index (χ0) is 13.1. The molecule has 3 aliphatic rings. The number of esters is 1. The van der Waals surface area contributed by atoms with Gasteiger partial charge < -0.3 is 9.84 Å². The molecule has 1 saturated heterocycles. The highest BCUT2D eigenvalue weighted by atomic mass is 16.6. The second-order valence-electron chi connectivity index (χ2n) is 6.68. The first-order valence-corrected chi connectivity index (χ1v) is 7.02. The lowest BCUT2D eigenvalue weighted by atomic mass is 9.71. The van der Waals surface area contributed by atoms with Crippen LogP contribution in [0, 0.1) is 17.8 Å². The molecule has 0 aromatic rings. The van der Waals surface area contributed by atoms with Crippen molar-refractivity contribution in [3.63, 3.8) is 0 Å². The second kappa shape index (κ2) is 3.60. The molecule has 0 amide bonds. The number of hydrogen-bond donors (Lipinski definition) is 1. The number of hydrogen-bond acceptors (Lipinski definition) is 3. The van der Waals surface area contributed by atoms with Crippen LogP contribution < -0.4 is 0 Å². The number of aliphatic hydroxyl groups is 1. The van der Waals surface area contributed by atoms with Gasteiger partial charge in [-0.25, -0.2) is 4.79 Å². The predicted molar refractivity (Wildman–Crippen MR) is 67.8 cm³/mol. The summed E-state index contributed by atoms with van der Waals surface area (Å²) in [5, 5.41) is 10.7. The summed E-state index contributed by atoms with van der Waals surface area (Å²) in [5.41, 5.74) is -0.937. The molecular formula is C15H22O3. The van der Waals surface area contributed by atoms with E-state index in [1.807, 2.05) is 6.92 Å². The van der Waals surface area contributed by atoms with E-state index in [1.54, 1.807) is 0 Å². The normalized spacial score (nSPS) is 51.6. The molecule has 0 aromatic heterocycles. The number of fused-ring (bicyclic) bond motifs is 1. The average molecular weight is 250 g/mol. The maximum absolute atomic E-state index is 12.1. The van der Waals surface area contributed by atoms with Crippen molar-refractivity contribution in [1.82, 2.24) is 0 Å². The van der Waals surface area contributed by atoms with Crippen molar-refractivity contribution in [3.8, 4) is 0 Å². The van der Waals surface area contributed by atoms with Gasteiger partial charge in [0.2, 0.25) is 0 Å². The minimum absolute atomic E-state index is 0.197. The van der Waals surface area contributed by atoms with E-state index >= 15 is 0 Å². The zero-order valence-corrected chi connectivity index (χ0v) is 11.2. The smallest absolute Gasteiger partial charge is 0.334 e. The van der Waals surface area contributed by atoms with E-state index in [0.717, 1.165) is 32.1 Å². The van der Waals surface area contributed by atoms with E-state index in [4.69, 9.17) is 4.74 Å². The fraction of sp³-hybridized carbons (Fsp3) is 0.800. The van der Waals surface area contributed by atoms with E-state index in [1.165, 1.54) is 0 Å². The lowest BCUT2D eigenvalue weighted by molar-refractivity contribution is -0.205. The van der Waals surface area contributed by atoms with Crippen molar-refractivity contribution >= 4 is 5.97 Å². The summed E-state index contributed by atoms with van der Waals surface area (Å²) in [7, 11) is 0. The highest BCUT2D eigenvalue weighted by Gasteiger charge is 2.64. The quantitative estimate of drug-likeness (QED) is 0.530. The van der Waals surface area contributed by atoms with Crippen molar-refractivity contribution in [1.29, 1.82) is 0 Å². The van der Waals surface area contributed by atoms with Crippen molar-refractivity contribution < 1.29 is 14.6 Å². The van der Waals surface area contributed by atoms with Gasteiger partial charge in [-0.15, -0.1) is 0 Å². The molecule has 1 N–H and O–H groups in total. The second-order valence-corrected chi connectivity index (χ2v) is 6.68. The molecule has 1 spiro atoms. The topological polar surface area (TPSA) is 46.5 Å². The molecule has 0 aromatic carbocycles. The zero-order valence-electron chi connectivity index (χ0n) is 11.2. The molecular weight excluding hydrogens is 228 g/mol. The number of carbonyl (C=O) groups is 1. The van der Waals surface area contributed by atoms with Crippen LogP contribution in [0.15, 0.2) is 12.2 Å². The third-order valence-electron chi connectivity index (χ3n) is 5.69. The highest BCUT2D eigenvalue weighted by molar-refractivity contribution is 5.89. The summed E-state index contributed by atoms with van der Waals surface area (Å²) < 4.78 is 5.76. The van der Waals surface area contributed by atoms with Gasteiger partial charge in [0.25, 0.3) is 0 Å². The first kappa shape index (κ1) is 12.2. The molecule has 5 atom stereocenters. The Hall–Kier alpha value is -0.830. The van der Waals surface area contributed by atoms with Gasteiger partial charge in [0.15, 0.2) is 0 Å². The molecule has 3 heteroatoms. The summed E-state index contributed by atoms with van der Waals surface area (Å²) in [5.74, 6) is 0.716. The van der Waals surface area contributed by atoms with Gasteiger partial charge in [0.1, 0.15) is 11.2 Å². The van der Waals surface area contributed by atoms with Crippen LogP contribution in [0.1, 0.15) is 46.0 Å². The van der Waals surface area contributed by atoms with Crippen LogP contribution in [0.5, 0.6) is 0 Å². The summed E-state index contributed by atoms with van der Waals surface area (Å²) in [6.45, 7) is 7.95. The highest BCUT2D eigenvalue weighted by Crippen LogP contribution is 2.58. The van der Waals surface area contributed by atoms with Crippen LogP contribution in [-0.2, 0) is 9.53 Å². The molecule has 2 bridgehead atoms. The Morgan fingerprint density at radius 3 is 2.83 bits per heavy atom. The Morgan fingerprint density at radius 2 is 2.11 bits per heavy atom. The molecule has 2 saturated carbocycles. The number of ether oxygens (including phenoxy) is 1. The fourth-order valence-corrected chi connectivity index (χ4v) is 4.45. The van der Waals surface area contributed by atoms with Gasteiger partial charge >= 0.3 is 5.97 Å². The van der Waals surface area contributed by atoms with E-state index in [-0.39, 0.29) is 11.9 Å². The summed E-state index contributed by atoms with van der Waals surface area (Å²) >= 11 is 0. The fourth-order valence-electron chi connectivity index (χ4n) is 4.45. The molecule has 100 valence electrons. The molecule has 1 aliphatic heterocycles. The third kappa shape index (κ3) is 1.37. The van der Waals surface area contributed by atoms with Crippen LogP contribution in [0.2, 0.25) is 0 Å². The average Bonchev–Trinajstić information content (AvgIpc) is 2.46. The van der Waals surface area contributed by atoms with E-state index in [9.17, 15) is 9.90 Å². The summed E-state index contributed by atoms with van der Waals surface area (Å²) in [6.07, 6.45) is 4.56. The monoisotopic (exact) mass is 250 g/mol. The largest absolute Gasteiger partial charge is 0.452 e. The Balaban J connectivity index is 2.09. The molecule has 2 aliphatic carbocycles. The van der Waals surface area contributed by atoms with Crippen LogP contribution in [0.4, 0.5) is 0 Å². The molecule has 3 fully saturated rings. The van der Waals surface area contributed by atoms with Gasteiger partial charge in [-0.05, 0) is 50.9 Å². The van der Waals surface area contributed by atoms with Gasteiger partial charge in [-0.2, -0.15) is 0 Å². The Kier molecular flexibility index (Phi) is 2.44. The van der Waals surface area contributed by atoms with E-state index < -0.39 is 11.2 Å². The number of rotatable bonds is 0. The van der Waals surface area contributed by atoms with Crippen LogP contribution in [0.3, 0.4) is 0 Å². The standard InChI is InChI=1S/C15H22O3/c1-9-4-5-11-8-15(18-13(16)10(11)2)12(9)6-7-14(15,3)17/h9,11-12,17H,2,4-8H2,1,3H3/t9-,11+,12-,14+,15+/m0/s1. The van der Waals surface area contributed by atoms with Crippen LogP contribution >= 0.6 is 0 Å². The van der Waals surface area contributed by atoms with E-state index in [2.05, 4.69) is 13.5 Å². The first-order chi connectivity index (χ1) is 8.37. The molecule has 3 rings (SSSR count). The number of carbonyl (C=O) groups excluding carboxylic acids is 1. The molecule has 18 heavy (non-hydrogen) atoms. The summed E-state index contributed by atoms with van der Waals surface area (Å²) in [6, 6.07) is 0. The maximum atomic E-state index is 12.1. The molecule has 1 heterocycles. The Bertz CT molecular complexity index is 412. The Labute approximate surface area is 108 Å². The van der Waals surface area contributed by atoms with Gasteiger partial charge in [-0.1, -0.05) is 13.5 Å². The predicted octanol–water partition coefficient (Wildman–Crippen LogP) is 2.44. The summed E-state index contributed by atoms with van der Waals surface area (Å²) in [4.78, 5) is 12.1. The third-order valence-corrected chi connectivity index (χ3v) is 5.69. The minimum atomic E-state index is -0.884. The van der Waals surface area contributed by atoms with Crippen molar-refractivity contribution in [2.45, 2.75) is 57.2 Å². The SMILES string of the molecule is C=C1C(=O)O[C@]23C[C@H]1CC[C@H](C)[C@@H]2CC[C@@]3(C)O. The van der Waals surface area contributed by atoms with Crippen LogP contribution in [0.25, 0.3) is 0 Å². The van der Waals surface area contributed by atoms with Gasteiger partial charge in [0.05, 0.1) is 0 Å². The molecule has 0 radical (unpaired) electrons. The Morgan fingerprint density at radius 1 is 1.39 bits per heavy atom. The van der Waals surface area contributed by atoms with Crippen molar-refractivity contribution in [2.75, 3.05) is 0 Å². The maximum Gasteiger partial charge on any atom is 0.334 e.